The molecular formula is C46H88NO8P. The predicted molar refractivity (Wildman–Crippen MR) is 231 cm³/mol. The van der Waals surface area contributed by atoms with Gasteiger partial charge in [0.05, 0.1) is 27.7 Å². The van der Waals surface area contributed by atoms with Gasteiger partial charge in [0.2, 0.25) is 0 Å². The van der Waals surface area contributed by atoms with Gasteiger partial charge in [0, 0.05) is 12.8 Å². The number of allylic oxidation sites excluding steroid dienone is 4. The lowest BCUT2D eigenvalue weighted by molar-refractivity contribution is -0.870. The van der Waals surface area contributed by atoms with E-state index in [9.17, 15) is 19.0 Å². The summed E-state index contributed by atoms with van der Waals surface area (Å²) in [7, 11) is 1.16. The van der Waals surface area contributed by atoms with Crippen molar-refractivity contribution >= 4 is 19.8 Å². The Hall–Kier alpha value is -1.51. The Morgan fingerprint density at radius 3 is 1.46 bits per heavy atom. The van der Waals surface area contributed by atoms with E-state index in [1.54, 1.807) is 0 Å². The van der Waals surface area contributed by atoms with Crippen molar-refractivity contribution in [3.05, 3.63) is 24.3 Å². The van der Waals surface area contributed by atoms with Crippen LogP contribution in [0.2, 0.25) is 0 Å². The number of quaternary nitrogens is 1. The molecule has 0 aromatic heterocycles. The van der Waals surface area contributed by atoms with E-state index in [0.29, 0.717) is 17.4 Å². The fourth-order valence-corrected chi connectivity index (χ4v) is 7.05. The van der Waals surface area contributed by atoms with Crippen LogP contribution in [0.3, 0.4) is 0 Å². The monoisotopic (exact) mass is 814 g/mol. The number of phosphoric ester groups is 1. The smallest absolute Gasteiger partial charge is 0.306 e. The average molecular weight is 814 g/mol. The van der Waals surface area contributed by atoms with Gasteiger partial charge < -0.3 is 27.9 Å². The second-order valence-corrected chi connectivity index (χ2v) is 18.2. The first kappa shape index (κ1) is 54.5. The van der Waals surface area contributed by atoms with Crippen LogP contribution in [0.1, 0.15) is 206 Å². The zero-order valence-corrected chi connectivity index (χ0v) is 38.0. The number of likely N-dealkylation sites (N-methyl/N-ethyl adjacent to an activating group) is 1. The molecule has 0 heterocycles. The summed E-state index contributed by atoms with van der Waals surface area (Å²) in [5.74, 6) is -0.843. The summed E-state index contributed by atoms with van der Waals surface area (Å²) >= 11 is 0. The number of carbonyl (C=O) groups is 2. The zero-order valence-electron chi connectivity index (χ0n) is 37.1. The maximum absolute atomic E-state index is 12.7. The maximum Gasteiger partial charge on any atom is 0.306 e. The fourth-order valence-electron chi connectivity index (χ4n) is 6.32. The van der Waals surface area contributed by atoms with Crippen LogP contribution in [0.5, 0.6) is 0 Å². The summed E-state index contributed by atoms with van der Waals surface area (Å²) in [6.07, 6.45) is 42.0. The molecule has 0 rings (SSSR count). The minimum absolute atomic E-state index is 0.0319. The Bertz CT molecular complexity index is 1010. The van der Waals surface area contributed by atoms with Crippen LogP contribution in [-0.4, -0.2) is 70.0 Å². The van der Waals surface area contributed by atoms with Crippen molar-refractivity contribution in [3.8, 4) is 0 Å². The van der Waals surface area contributed by atoms with Crippen LogP contribution < -0.4 is 4.89 Å². The van der Waals surface area contributed by atoms with Crippen molar-refractivity contribution in [2.45, 2.75) is 213 Å². The number of ether oxygens (including phenoxy) is 2. The Balaban J connectivity index is 4.30. The Morgan fingerprint density at radius 2 is 0.982 bits per heavy atom. The van der Waals surface area contributed by atoms with E-state index in [1.165, 1.54) is 109 Å². The highest BCUT2D eigenvalue weighted by atomic mass is 31.2. The topological polar surface area (TPSA) is 111 Å². The fraction of sp³-hybridized carbons (Fsp3) is 0.870. The molecule has 9 nitrogen and oxygen atoms in total. The molecule has 0 aromatic carbocycles. The minimum atomic E-state index is -4.62. The van der Waals surface area contributed by atoms with Crippen LogP contribution in [0.4, 0.5) is 0 Å². The summed E-state index contributed by atoms with van der Waals surface area (Å²) in [5.41, 5.74) is 0. The largest absolute Gasteiger partial charge is 0.756 e. The number of hydrogen-bond acceptors (Lipinski definition) is 8. The molecule has 0 aliphatic rings. The summed E-state index contributed by atoms with van der Waals surface area (Å²) in [4.78, 5) is 37.5. The Labute approximate surface area is 345 Å². The SMILES string of the molecule is CCCC/C=C/C/C=C/CCCCCCCC(=O)O[C@@H](COC(=O)CCCCCCCCCCCCCCCCCCCC)COP(=O)([O-])OCC[N+](C)(C)C. The lowest BCUT2D eigenvalue weighted by Gasteiger charge is -2.28. The van der Waals surface area contributed by atoms with Crippen molar-refractivity contribution in [2.24, 2.45) is 0 Å². The minimum Gasteiger partial charge on any atom is -0.756 e. The van der Waals surface area contributed by atoms with Gasteiger partial charge in [0.25, 0.3) is 7.82 Å². The second kappa shape index (κ2) is 39.0. The van der Waals surface area contributed by atoms with E-state index in [4.69, 9.17) is 18.5 Å². The van der Waals surface area contributed by atoms with Gasteiger partial charge in [-0.3, -0.25) is 14.2 Å². The van der Waals surface area contributed by atoms with Crippen molar-refractivity contribution in [1.82, 2.24) is 0 Å². The number of unbranched alkanes of at least 4 members (excludes halogenated alkanes) is 24. The molecule has 0 saturated carbocycles. The van der Waals surface area contributed by atoms with Crippen LogP contribution in [-0.2, 0) is 32.7 Å². The zero-order chi connectivity index (χ0) is 41.4. The highest BCUT2D eigenvalue weighted by molar-refractivity contribution is 7.45. The number of rotatable bonds is 42. The number of hydrogen-bond donors (Lipinski definition) is 0. The average Bonchev–Trinajstić information content (AvgIpc) is 3.15. The number of carbonyl (C=O) groups excluding carboxylic acids is 2. The standard InChI is InChI=1S/C46H88NO8P/c1-6-8-10-12-14-16-18-20-22-23-24-25-27-28-30-32-34-36-38-45(48)52-42-44(43-54-56(50,51)53-41-40-47(3,4)5)55-46(49)39-37-35-33-31-29-26-21-19-17-15-13-11-9-7-2/h13,15,19,21,44H,6-12,14,16-18,20,22-43H2,1-5H3/b15-13+,21-19+/t44-/m0/s1. The third-order valence-corrected chi connectivity index (χ3v) is 10.9. The first-order valence-corrected chi connectivity index (χ1v) is 24.5. The Morgan fingerprint density at radius 1 is 0.554 bits per heavy atom. The second-order valence-electron chi connectivity index (χ2n) is 16.8. The molecule has 0 fully saturated rings. The van der Waals surface area contributed by atoms with Gasteiger partial charge in [-0.2, -0.15) is 0 Å². The molecule has 56 heavy (non-hydrogen) atoms. The predicted octanol–water partition coefficient (Wildman–Crippen LogP) is 12.5. The normalized spacial score (nSPS) is 13.8. The van der Waals surface area contributed by atoms with Gasteiger partial charge in [0.15, 0.2) is 6.10 Å². The lowest BCUT2D eigenvalue weighted by Crippen LogP contribution is -2.37. The van der Waals surface area contributed by atoms with Crippen LogP contribution >= 0.6 is 7.82 Å². The molecule has 0 bridgehead atoms. The third kappa shape index (κ3) is 42.1. The molecule has 0 amide bonds. The molecule has 0 spiro atoms. The maximum atomic E-state index is 12.7. The molecule has 0 aliphatic heterocycles. The van der Waals surface area contributed by atoms with E-state index in [1.807, 2.05) is 21.1 Å². The van der Waals surface area contributed by atoms with Crippen molar-refractivity contribution in [2.75, 3.05) is 47.5 Å². The molecule has 0 aliphatic carbocycles. The molecule has 0 radical (unpaired) electrons. The highest BCUT2D eigenvalue weighted by Crippen LogP contribution is 2.38. The van der Waals surface area contributed by atoms with Gasteiger partial charge in [0.1, 0.15) is 19.8 Å². The van der Waals surface area contributed by atoms with Crippen LogP contribution in [0.25, 0.3) is 0 Å². The van der Waals surface area contributed by atoms with E-state index in [0.717, 1.165) is 64.2 Å². The number of nitrogens with zero attached hydrogens (tertiary/aromatic N) is 1. The molecule has 330 valence electrons. The Kier molecular flexibility index (Phi) is 37.9. The van der Waals surface area contributed by atoms with E-state index in [-0.39, 0.29) is 32.0 Å². The first-order valence-electron chi connectivity index (χ1n) is 23.0. The highest BCUT2D eigenvalue weighted by Gasteiger charge is 2.21. The quantitative estimate of drug-likeness (QED) is 0.0197. The molecule has 10 heteroatoms. The third-order valence-electron chi connectivity index (χ3n) is 9.97. The molecule has 0 N–H and O–H groups in total. The first-order chi connectivity index (χ1) is 27.0. The summed E-state index contributed by atoms with van der Waals surface area (Å²) in [6.45, 7) is 4.19. The molecule has 0 aromatic rings. The van der Waals surface area contributed by atoms with Crippen molar-refractivity contribution in [1.29, 1.82) is 0 Å². The number of esters is 2. The van der Waals surface area contributed by atoms with E-state index < -0.39 is 26.5 Å². The number of phosphoric acid groups is 1. The van der Waals surface area contributed by atoms with Gasteiger partial charge in [-0.15, -0.1) is 0 Å². The lowest BCUT2D eigenvalue weighted by atomic mass is 10.0. The molecular weight excluding hydrogens is 725 g/mol. The molecule has 2 atom stereocenters. The summed E-state index contributed by atoms with van der Waals surface area (Å²) in [5, 5.41) is 0. The van der Waals surface area contributed by atoms with Crippen molar-refractivity contribution in [3.63, 3.8) is 0 Å². The van der Waals surface area contributed by atoms with E-state index in [2.05, 4.69) is 38.2 Å². The van der Waals surface area contributed by atoms with Crippen molar-refractivity contribution < 1.29 is 42.1 Å². The molecule has 1 unspecified atom stereocenters. The van der Waals surface area contributed by atoms with Gasteiger partial charge >= 0.3 is 11.9 Å². The van der Waals surface area contributed by atoms with Crippen LogP contribution in [0.15, 0.2) is 24.3 Å². The van der Waals surface area contributed by atoms with Crippen LogP contribution in [0, 0.1) is 0 Å². The van der Waals surface area contributed by atoms with Gasteiger partial charge in [-0.05, 0) is 38.5 Å². The summed E-state index contributed by atoms with van der Waals surface area (Å²) < 4.78 is 33.9. The molecule has 0 saturated heterocycles. The summed E-state index contributed by atoms with van der Waals surface area (Å²) in [6, 6.07) is 0. The van der Waals surface area contributed by atoms with Gasteiger partial charge in [-0.25, -0.2) is 0 Å². The van der Waals surface area contributed by atoms with E-state index >= 15 is 0 Å². The van der Waals surface area contributed by atoms with Gasteiger partial charge in [-0.1, -0.05) is 179 Å².